The number of nitrogens with one attached hydrogen (secondary N) is 2. The highest BCUT2D eigenvalue weighted by Gasteiger charge is 2.34. The molecule has 0 saturated carbocycles. The van der Waals surface area contributed by atoms with Gasteiger partial charge in [-0.1, -0.05) is 34.5 Å². The zero-order valence-corrected chi connectivity index (χ0v) is 20.6. The van der Waals surface area contributed by atoms with E-state index in [-0.39, 0.29) is 33.8 Å². The number of piperidine rings is 1. The molecule has 180 valence electrons. The highest BCUT2D eigenvalue weighted by molar-refractivity contribution is 7.17. The maximum Gasteiger partial charge on any atom is 0.350 e. The van der Waals surface area contributed by atoms with E-state index < -0.39 is 24.1 Å². The van der Waals surface area contributed by atoms with E-state index in [2.05, 4.69) is 25.3 Å². The molecule has 0 bridgehead atoms. The molecule has 1 amide bonds. The first-order chi connectivity index (χ1) is 16.3. The first kappa shape index (κ1) is 24.4. The largest absolute Gasteiger partial charge is 0.462 e. The van der Waals surface area contributed by atoms with Gasteiger partial charge < -0.3 is 19.9 Å². The monoisotopic (exact) mass is 526 g/mol. The molecule has 1 aliphatic rings. The average molecular weight is 527 g/mol. The number of nitrogens with zero attached hydrogens (tertiary/aromatic N) is 4. The molecule has 0 spiro atoms. The minimum Gasteiger partial charge on any atom is -0.462 e. The summed E-state index contributed by atoms with van der Waals surface area (Å²) >= 11 is 13.3. The van der Waals surface area contributed by atoms with E-state index in [0.717, 1.165) is 11.3 Å². The summed E-state index contributed by atoms with van der Waals surface area (Å²) in [6.45, 7) is 4.02. The number of aromatic nitrogens is 4. The van der Waals surface area contributed by atoms with Crippen LogP contribution in [0.1, 0.15) is 39.2 Å². The number of rotatable bonds is 6. The number of hydrogen-bond donors (Lipinski definition) is 2. The smallest absolute Gasteiger partial charge is 0.350 e. The number of aromatic amines is 1. The van der Waals surface area contributed by atoms with Crippen LogP contribution in [0.4, 0.5) is 9.52 Å². The van der Waals surface area contributed by atoms with Crippen molar-refractivity contribution < 1.29 is 18.7 Å². The zero-order chi connectivity index (χ0) is 24.4. The van der Waals surface area contributed by atoms with Gasteiger partial charge in [-0.25, -0.2) is 24.1 Å². The summed E-state index contributed by atoms with van der Waals surface area (Å²) in [4.78, 5) is 42.6. The van der Waals surface area contributed by atoms with E-state index in [4.69, 9.17) is 27.9 Å². The normalized spacial score (nSPS) is 18.1. The Morgan fingerprint density at radius 1 is 1.38 bits per heavy atom. The van der Waals surface area contributed by atoms with Crippen LogP contribution >= 0.6 is 34.5 Å². The van der Waals surface area contributed by atoms with Crippen LogP contribution in [0, 0.1) is 6.92 Å². The second-order valence-corrected chi connectivity index (χ2v) is 9.31. The summed E-state index contributed by atoms with van der Waals surface area (Å²) in [6.07, 6.45) is 1.86. The average Bonchev–Trinajstić information content (AvgIpc) is 3.39. The van der Waals surface area contributed by atoms with Crippen molar-refractivity contribution >= 4 is 51.5 Å². The van der Waals surface area contributed by atoms with Gasteiger partial charge in [0, 0.05) is 18.4 Å². The van der Waals surface area contributed by atoms with Gasteiger partial charge in [0.05, 0.1) is 34.9 Å². The van der Waals surface area contributed by atoms with Crippen LogP contribution in [0.5, 0.6) is 0 Å². The van der Waals surface area contributed by atoms with Crippen LogP contribution in [0.15, 0.2) is 18.6 Å². The first-order valence-electron chi connectivity index (χ1n) is 10.5. The highest BCUT2D eigenvalue weighted by atomic mass is 35.5. The molecule has 4 heterocycles. The number of amides is 1. The number of carbonyl (C=O) groups is 2. The molecule has 0 aliphatic carbocycles. The van der Waals surface area contributed by atoms with Gasteiger partial charge in [-0.2, -0.15) is 0 Å². The lowest BCUT2D eigenvalue weighted by Gasteiger charge is -2.34. The van der Waals surface area contributed by atoms with Gasteiger partial charge in [-0.15, -0.1) is 0 Å². The van der Waals surface area contributed by atoms with E-state index >= 15 is 4.39 Å². The third-order valence-electron chi connectivity index (χ3n) is 5.31. The minimum atomic E-state index is -1.37. The van der Waals surface area contributed by atoms with Gasteiger partial charge in [0.1, 0.15) is 28.8 Å². The van der Waals surface area contributed by atoms with Crippen molar-refractivity contribution in [2.24, 2.45) is 0 Å². The Bertz CT molecular complexity index is 1200. The molecule has 3 aromatic rings. The predicted molar refractivity (Wildman–Crippen MR) is 128 cm³/mol. The van der Waals surface area contributed by atoms with Crippen LogP contribution in [0.25, 0.3) is 11.4 Å². The molecule has 9 nitrogen and oxygen atoms in total. The maximum absolute atomic E-state index is 15.1. The second-order valence-electron chi connectivity index (χ2n) is 7.57. The first-order valence-corrected chi connectivity index (χ1v) is 12.0. The lowest BCUT2D eigenvalue weighted by atomic mass is 10.0. The van der Waals surface area contributed by atoms with Crippen LogP contribution in [0.3, 0.4) is 0 Å². The lowest BCUT2D eigenvalue weighted by Crippen LogP contribution is -2.52. The predicted octanol–water partition coefficient (Wildman–Crippen LogP) is 4.07. The molecule has 3 aromatic heterocycles. The number of alkyl halides is 1. The topological polar surface area (TPSA) is 113 Å². The Balaban J connectivity index is 1.50. The number of H-pyrrole nitrogens is 1. The van der Waals surface area contributed by atoms with Crippen molar-refractivity contribution in [3.8, 4) is 11.4 Å². The summed E-state index contributed by atoms with van der Waals surface area (Å²) in [5, 5.41) is 3.53. The molecule has 2 atom stereocenters. The Kier molecular flexibility index (Phi) is 7.34. The summed E-state index contributed by atoms with van der Waals surface area (Å²) < 4.78 is 20.3. The van der Waals surface area contributed by atoms with Crippen molar-refractivity contribution in [2.75, 3.05) is 24.6 Å². The van der Waals surface area contributed by atoms with Gasteiger partial charge in [0.25, 0.3) is 5.91 Å². The number of anilines is 1. The van der Waals surface area contributed by atoms with Crippen LogP contribution in [0.2, 0.25) is 10.0 Å². The van der Waals surface area contributed by atoms with Gasteiger partial charge in [-0.3, -0.25) is 4.79 Å². The van der Waals surface area contributed by atoms with E-state index in [1.807, 2.05) is 0 Å². The molecule has 13 heteroatoms. The third kappa shape index (κ3) is 4.86. The number of esters is 1. The molecule has 4 rings (SSSR count). The fraction of sp³-hybridized carbons (Fsp3) is 0.381. The molecule has 0 unspecified atom stereocenters. The summed E-state index contributed by atoms with van der Waals surface area (Å²) in [6, 6.07) is 0.925. The number of aryl methyl sites for hydroxylation is 1. The van der Waals surface area contributed by atoms with Gasteiger partial charge in [-0.05, 0) is 26.3 Å². The molecule has 2 N–H and O–H groups in total. The van der Waals surface area contributed by atoms with E-state index in [0.29, 0.717) is 35.2 Å². The third-order valence-corrected chi connectivity index (χ3v) is 7.35. The summed E-state index contributed by atoms with van der Waals surface area (Å²) in [5.41, 5.74) is 1.49. The molecular weight excluding hydrogens is 506 g/mol. The van der Waals surface area contributed by atoms with Crippen molar-refractivity contribution in [3.05, 3.63) is 44.9 Å². The fourth-order valence-corrected chi connectivity index (χ4v) is 5.01. The van der Waals surface area contributed by atoms with Gasteiger partial charge in [0.15, 0.2) is 5.13 Å². The molecule has 1 aliphatic heterocycles. The molecular formula is C21H21Cl2FN6O3S. The number of hydrogen-bond acceptors (Lipinski definition) is 8. The van der Waals surface area contributed by atoms with E-state index in [1.165, 1.54) is 6.33 Å². The van der Waals surface area contributed by atoms with E-state index in [1.54, 1.807) is 31.0 Å². The Labute approximate surface area is 208 Å². The van der Waals surface area contributed by atoms with Crippen molar-refractivity contribution in [1.29, 1.82) is 0 Å². The number of ether oxygens (including phenoxy) is 1. The van der Waals surface area contributed by atoms with Gasteiger partial charge >= 0.3 is 5.97 Å². The van der Waals surface area contributed by atoms with E-state index in [9.17, 15) is 9.59 Å². The maximum atomic E-state index is 15.1. The van der Waals surface area contributed by atoms with Gasteiger partial charge in [0.2, 0.25) is 0 Å². The van der Waals surface area contributed by atoms with Crippen molar-refractivity contribution in [2.45, 2.75) is 32.5 Å². The SMILES string of the molecule is CCOC(=O)c1sc(N2CC[C@@H](NC(=O)c3[nH]c(C)c(Cl)c3Cl)[C@@H](F)C2)nc1-c1ccncn1. The number of carbonyl (C=O) groups excluding carboxylic acids is 2. The minimum absolute atomic E-state index is 0.0117. The van der Waals surface area contributed by atoms with Crippen molar-refractivity contribution in [3.63, 3.8) is 0 Å². The lowest BCUT2D eigenvalue weighted by molar-refractivity contribution is 0.0532. The molecule has 1 saturated heterocycles. The number of halogens is 3. The Hall–Kier alpha value is -2.76. The Morgan fingerprint density at radius 2 is 2.18 bits per heavy atom. The standard InChI is InChI=1S/C21H21Cl2FN6O3S/c1-3-33-20(32)18-16(13-4-6-25-9-26-13)29-21(34-18)30-7-5-12(11(24)8-30)28-19(31)17-15(23)14(22)10(2)27-17/h4,6,9,11-12,27H,3,5,7-8H2,1-2H3,(H,28,31)/t11-,12+/m0/s1. The molecule has 0 aromatic carbocycles. The fourth-order valence-electron chi connectivity index (χ4n) is 3.59. The molecule has 0 radical (unpaired) electrons. The van der Waals surface area contributed by atoms with Crippen LogP contribution in [-0.4, -0.2) is 63.7 Å². The number of thiazole rings is 1. The molecule has 34 heavy (non-hydrogen) atoms. The summed E-state index contributed by atoms with van der Waals surface area (Å²) in [7, 11) is 0. The quantitative estimate of drug-likeness (QED) is 0.465. The van der Waals surface area contributed by atoms with Crippen LogP contribution < -0.4 is 10.2 Å². The summed E-state index contributed by atoms with van der Waals surface area (Å²) in [5.74, 6) is -1.04. The van der Waals surface area contributed by atoms with Crippen LogP contribution in [-0.2, 0) is 4.74 Å². The molecule has 1 fully saturated rings. The zero-order valence-electron chi connectivity index (χ0n) is 18.3. The Morgan fingerprint density at radius 3 is 2.79 bits per heavy atom. The van der Waals surface area contributed by atoms with Crippen molar-refractivity contribution in [1.82, 2.24) is 25.3 Å². The highest BCUT2D eigenvalue weighted by Crippen LogP contribution is 2.35. The second kappa shape index (κ2) is 10.2.